The fourth-order valence-electron chi connectivity index (χ4n) is 1.68. The van der Waals surface area contributed by atoms with Crippen LogP contribution >= 0.6 is 0 Å². The summed E-state index contributed by atoms with van der Waals surface area (Å²) in [5, 5.41) is 0. The average Bonchev–Trinajstić information content (AvgIpc) is 2.14. The van der Waals surface area contributed by atoms with Gasteiger partial charge in [-0.3, -0.25) is 0 Å². The third-order valence-electron chi connectivity index (χ3n) is 2.33. The Balaban J connectivity index is 2.78. The standard InChI is InChI=1S/C13H21N/c1-5-14(10-11(2)3)13-8-6-7-12(4)9-13/h6-9,11H,5,10H2,1-4H3. The SMILES string of the molecule is CCN(CC(C)C)c1cccc(C)c1. The number of hydrogen-bond acceptors (Lipinski definition) is 1. The maximum atomic E-state index is 2.43. The minimum Gasteiger partial charge on any atom is -0.372 e. The van der Waals surface area contributed by atoms with Crippen LogP contribution in [0.3, 0.4) is 0 Å². The van der Waals surface area contributed by atoms with Crippen molar-refractivity contribution in [3.63, 3.8) is 0 Å². The number of hydrogen-bond donors (Lipinski definition) is 0. The summed E-state index contributed by atoms with van der Waals surface area (Å²) < 4.78 is 0. The molecule has 1 heteroatoms. The molecular weight excluding hydrogens is 170 g/mol. The molecular formula is C13H21N. The van der Waals surface area contributed by atoms with Gasteiger partial charge in [-0.2, -0.15) is 0 Å². The van der Waals surface area contributed by atoms with E-state index < -0.39 is 0 Å². The third kappa shape index (κ3) is 3.06. The maximum absolute atomic E-state index is 2.43. The molecule has 0 fully saturated rings. The van der Waals surface area contributed by atoms with Gasteiger partial charge in [0.1, 0.15) is 0 Å². The number of rotatable bonds is 4. The predicted octanol–water partition coefficient (Wildman–Crippen LogP) is 3.48. The summed E-state index contributed by atoms with van der Waals surface area (Å²) in [6.45, 7) is 11.1. The summed E-state index contributed by atoms with van der Waals surface area (Å²) in [4.78, 5) is 2.43. The Labute approximate surface area is 87.7 Å². The fraction of sp³-hybridized carbons (Fsp3) is 0.538. The Kier molecular flexibility index (Phi) is 3.99. The van der Waals surface area contributed by atoms with Crippen molar-refractivity contribution in [3.8, 4) is 0 Å². The van der Waals surface area contributed by atoms with Crippen LogP contribution in [0.15, 0.2) is 24.3 Å². The lowest BCUT2D eigenvalue weighted by Crippen LogP contribution is -2.27. The molecule has 0 radical (unpaired) electrons. The first-order chi connectivity index (χ1) is 6.63. The first-order valence-electron chi connectivity index (χ1n) is 5.45. The van der Waals surface area contributed by atoms with Crippen molar-refractivity contribution < 1.29 is 0 Å². The van der Waals surface area contributed by atoms with Crippen LogP contribution in [0.2, 0.25) is 0 Å². The van der Waals surface area contributed by atoms with E-state index >= 15 is 0 Å². The van der Waals surface area contributed by atoms with Gasteiger partial charge in [-0.05, 0) is 37.5 Å². The molecule has 0 heterocycles. The molecule has 14 heavy (non-hydrogen) atoms. The van der Waals surface area contributed by atoms with Crippen LogP contribution in [-0.4, -0.2) is 13.1 Å². The van der Waals surface area contributed by atoms with E-state index in [4.69, 9.17) is 0 Å². The number of anilines is 1. The quantitative estimate of drug-likeness (QED) is 0.704. The first-order valence-corrected chi connectivity index (χ1v) is 5.45. The van der Waals surface area contributed by atoms with Gasteiger partial charge in [0.25, 0.3) is 0 Å². The molecule has 0 saturated carbocycles. The van der Waals surface area contributed by atoms with Crippen molar-refractivity contribution in [1.82, 2.24) is 0 Å². The third-order valence-corrected chi connectivity index (χ3v) is 2.33. The number of nitrogens with zero attached hydrogens (tertiary/aromatic N) is 1. The summed E-state index contributed by atoms with van der Waals surface area (Å²) in [5.74, 6) is 0.718. The van der Waals surface area contributed by atoms with Crippen molar-refractivity contribution in [2.24, 2.45) is 5.92 Å². The molecule has 0 aliphatic carbocycles. The normalized spacial score (nSPS) is 10.6. The molecule has 0 aromatic heterocycles. The van der Waals surface area contributed by atoms with Gasteiger partial charge in [0, 0.05) is 18.8 Å². The second-order valence-corrected chi connectivity index (χ2v) is 4.27. The van der Waals surface area contributed by atoms with Crippen molar-refractivity contribution in [2.75, 3.05) is 18.0 Å². The Bertz CT molecular complexity index is 278. The van der Waals surface area contributed by atoms with Crippen molar-refractivity contribution in [2.45, 2.75) is 27.7 Å². The highest BCUT2D eigenvalue weighted by atomic mass is 15.1. The summed E-state index contributed by atoms with van der Waals surface area (Å²) in [5.41, 5.74) is 2.69. The molecule has 0 amide bonds. The minimum atomic E-state index is 0.718. The lowest BCUT2D eigenvalue weighted by molar-refractivity contribution is 0.619. The van der Waals surface area contributed by atoms with Crippen LogP contribution in [0, 0.1) is 12.8 Å². The molecule has 1 nitrogen and oxygen atoms in total. The van der Waals surface area contributed by atoms with E-state index in [1.54, 1.807) is 0 Å². The van der Waals surface area contributed by atoms with E-state index in [1.807, 2.05) is 0 Å². The Morgan fingerprint density at radius 2 is 2.00 bits per heavy atom. The van der Waals surface area contributed by atoms with Crippen molar-refractivity contribution in [1.29, 1.82) is 0 Å². The summed E-state index contributed by atoms with van der Waals surface area (Å²) >= 11 is 0. The van der Waals surface area contributed by atoms with Gasteiger partial charge in [0.05, 0.1) is 0 Å². The zero-order valence-electron chi connectivity index (χ0n) is 9.75. The number of benzene rings is 1. The highest BCUT2D eigenvalue weighted by Crippen LogP contribution is 2.16. The van der Waals surface area contributed by atoms with Gasteiger partial charge in [0.2, 0.25) is 0 Å². The Morgan fingerprint density at radius 1 is 1.29 bits per heavy atom. The van der Waals surface area contributed by atoms with E-state index in [9.17, 15) is 0 Å². The highest BCUT2D eigenvalue weighted by molar-refractivity contribution is 5.48. The van der Waals surface area contributed by atoms with E-state index in [-0.39, 0.29) is 0 Å². The molecule has 0 aliphatic rings. The highest BCUT2D eigenvalue weighted by Gasteiger charge is 2.05. The van der Waals surface area contributed by atoms with Crippen LogP contribution in [0.25, 0.3) is 0 Å². The van der Waals surface area contributed by atoms with Gasteiger partial charge < -0.3 is 4.90 Å². The van der Waals surface area contributed by atoms with Gasteiger partial charge in [-0.1, -0.05) is 26.0 Å². The second kappa shape index (κ2) is 5.04. The molecule has 1 rings (SSSR count). The van der Waals surface area contributed by atoms with Gasteiger partial charge >= 0.3 is 0 Å². The molecule has 0 aliphatic heterocycles. The summed E-state index contributed by atoms with van der Waals surface area (Å²) in [6.07, 6.45) is 0. The molecule has 78 valence electrons. The van der Waals surface area contributed by atoms with Gasteiger partial charge in [-0.25, -0.2) is 0 Å². The molecule has 0 saturated heterocycles. The molecule has 1 aromatic rings. The zero-order chi connectivity index (χ0) is 10.6. The lowest BCUT2D eigenvalue weighted by Gasteiger charge is -2.25. The lowest BCUT2D eigenvalue weighted by atomic mass is 10.1. The van der Waals surface area contributed by atoms with E-state index in [2.05, 4.69) is 56.9 Å². The number of aryl methyl sites for hydroxylation is 1. The smallest absolute Gasteiger partial charge is 0.0368 e. The Hall–Kier alpha value is -0.980. The van der Waals surface area contributed by atoms with Crippen LogP contribution in [0.5, 0.6) is 0 Å². The monoisotopic (exact) mass is 191 g/mol. The largest absolute Gasteiger partial charge is 0.372 e. The maximum Gasteiger partial charge on any atom is 0.0368 e. The van der Waals surface area contributed by atoms with Gasteiger partial charge in [-0.15, -0.1) is 0 Å². The molecule has 0 atom stereocenters. The summed E-state index contributed by atoms with van der Waals surface area (Å²) in [7, 11) is 0. The van der Waals surface area contributed by atoms with E-state index in [0.717, 1.165) is 19.0 Å². The second-order valence-electron chi connectivity index (χ2n) is 4.27. The molecule has 0 N–H and O–H groups in total. The molecule has 0 unspecified atom stereocenters. The Morgan fingerprint density at radius 3 is 2.50 bits per heavy atom. The zero-order valence-corrected chi connectivity index (χ0v) is 9.75. The topological polar surface area (TPSA) is 3.24 Å². The minimum absolute atomic E-state index is 0.718. The summed E-state index contributed by atoms with van der Waals surface area (Å²) in [6, 6.07) is 8.73. The van der Waals surface area contributed by atoms with E-state index in [1.165, 1.54) is 11.3 Å². The fourth-order valence-corrected chi connectivity index (χ4v) is 1.68. The molecule has 1 aromatic carbocycles. The first kappa shape index (κ1) is 11.1. The van der Waals surface area contributed by atoms with Crippen molar-refractivity contribution in [3.05, 3.63) is 29.8 Å². The van der Waals surface area contributed by atoms with E-state index in [0.29, 0.717) is 0 Å². The van der Waals surface area contributed by atoms with Crippen LogP contribution < -0.4 is 4.90 Å². The van der Waals surface area contributed by atoms with Crippen LogP contribution in [0.4, 0.5) is 5.69 Å². The molecule has 0 spiro atoms. The van der Waals surface area contributed by atoms with Crippen LogP contribution in [0.1, 0.15) is 26.3 Å². The van der Waals surface area contributed by atoms with Crippen molar-refractivity contribution >= 4 is 5.69 Å². The predicted molar refractivity (Wildman–Crippen MR) is 63.9 cm³/mol. The average molecular weight is 191 g/mol. The molecule has 0 bridgehead atoms. The van der Waals surface area contributed by atoms with Crippen LogP contribution in [-0.2, 0) is 0 Å². The van der Waals surface area contributed by atoms with Gasteiger partial charge in [0.15, 0.2) is 0 Å².